The van der Waals surface area contributed by atoms with Crippen LogP contribution in [0, 0.1) is 0 Å². The van der Waals surface area contributed by atoms with E-state index in [4.69, 9.17) is 12.2 Å². The first kappa shape index (κ1) is 20.8. The molecule has 156 valence electrons. The van der Waals surface area contributed by atoms with Crippen molar-refractivity contribution in [3.8, 4) is 10.6 Å². The second kappa shape index (κ2) is 10.5. The molecular weight excluding hydrogens is 410 g/mol. The third kappa shape index (κ3) is 6.00. The molecule has 7 heteroatoms. The third-order valence-corrected chi connectivity index (χ3v) is 6.44. The van der Waals surface area contributed by atoms with Crippen LogP contribution in [0.5, 0.6) is 0 Å². The van der Waals surface area contributed by atoms with Gasteiger partial charge in [-0.1, -0.05) is 60.9 Å². The molecule has 0 bridgehead atoms. The van der Waals surface area contributed by atoms with Crippen LogP contribution in [0.4, 0.5) is 10.8 Å². The number of hydrogen-bond donors (Lipinski definition) is 3. The predicted octanol–water partition coefficient (Wildman–Crippen LogP) is 5.48. The maximum absolute atomic E-state index is 5.41. The van der Waals surface area contributed by atoms with Gasteiger partial charge >= 0.3 is 0 Å². The summed E-state index contributed by atoms with van der Waals surface area (Å²) in [4.78, 5) is 0. The van der Waals surface area contributed by atoms with E-state index >= 15 is 0 Å². The monoisotopic (exact) mass is 437 g/mol. The minimum Gasteiger partial charge on any atom is -0.362 e. The number of hydrogen-bond acceptors (Lipinski definition) is 5. The zero-order valence-electron chi connectivity index (χ0n) is 16.9. The molecule has 30 heavy (non-hydrogen) atoms. The summed E-state index contributed by atoms with van der Waals surface area (Å²) in [5, 5.41) is 21.2. The lowest BCUT2D eigenvalue weighted by molar-refractivity contribution is 0.462. The van der Waals surface area contributed by atoms with E-state index < -0.39 is 0 Å². The van der Waals surface area contributed by atoms with E-state index in [2.05, 4.69) is 62.5 Å². The van der Waals surface area contributed by atoms with Gasteiger partial charge in [0.1, 0.15) is 5.01 Å². The molecule has 0 unspecified atom stereocenters. The molecule has 1 heterocycles. The van der Waals surface area contributed by atoms with Gasteiger partial charge in [0, 0.05) is 23.8 Å². The molecule has 1 aliphatic rings. The molecule has 5 nitrogen and oxygen atoms in total. The van der Waals surface area contributed by atoms with Crippen LogP contribution >= 0.6 is 23.6 Å². The molecule has 0 amide bonds. The summed E-state index contributed by atoms with van der Waals surface area (Å²) in [6, 6.07) is 19.1. The standard InChI is InChI=1S/C23H27N5S2/c29-22(24-16-15-17-7-3-1-4-8-17)25-20-13-11-18(12-14-20)21-27-28-23(30-21)26-19-9-5-2-6-10-19/h1,3-4,7-8,11-14,19H,2,5-6,9-10,15-16H2,(H,26,28)(H2,24,25,29). The Morgan fingerprint density at radius 3 is 2.50 bits per heavy atom. The van der Waals surface area contributed by atoms with Gasteiger partial charge in [-0.25, -0.2) is 0 Å². The fraction of sp³-hybridized carbons (Fsp3) is 0.348. The minimum atomic E-state index is 0.543. The Morgan fingerprint density at radius 2 is 1.73 bits per heavy atom. The Kier molecular flexibility index (Phi) is 7.26. The van der Waals surface area contributed by atoms with Gasteiger partial charge in [-0.05, 0) is 61.3 Å². The topological polar surface area (TPSA) is 61.9 Å². The first-order valence-electron chi connectivity index (χ1n) is 10.6. The number of benzene rings is 2. The average molecular weight is 438 g/mol. The SMILES string of the molecule is S=C(NCCc1ccccc1)Nc1ccc(-c2nnc(NC3CCCCC3)s2)cc1. The molecule has 2 aromatic carbocycles. The fourth-order valence-electron chi connectivity index (χ4n) is 3.66. The molecule has 1 aliphatic carbocycles. The van der Waals surface area contributed by atoms with Crippen LogP contribution in [0.1, 0.15) is 37.7 Å². The lowest BCUT2D eigenvalue weighted by Crippen LogP contribution is -2.30. The summed E-state index contributed by atoms with van der Waals surface area (Å²) in [6.07, 6.45) is 7.37. The molecule has 3 aromatic rings. The molecule has 0 saturated heterocycles. The van der Waals surface area contributed by atoms with Crippen LogP contribution in [-0.4, -0.2) is 27.9 Å². The quantitative estimate of drug-likeness (QED) is 0.426. The van der Waals surface area contributed by atoms with Crippen molar-refractivity contribution in [1.29, 1.82) is 0 Å². The van der Waals surface area contributed by atoms with E-state index in [1.807, 2.05) is 18.2 Å². The van der Waals surface area contributed by atoms with Crippen molar-refractivity contribution in [1.82, 2.24) is 15.5 Å². The van der Waals surface area contributed by atoms with Gasteiger partial charge < -0.3 is 16.0 Å². The number of anilines is 2. The lowest BCUT2D eigenvalue weighted by Gasteiger charge is -2.21. The number of nitrogens with zero attached hydrogens (tertiary/aromatic N) is 2. The second-order valence-corrected chi connectivity index (χ2v) is 8.97. The van der Waals surface area contributed by atoms with Gasteiger partial charge in [0.05, 0.1) is 0 Å². The van der Waals surface area contributed by atoms with Gasteiger partial charge in [-0.2, -0.15) is 0 Å². The van der Waals surface area contributed by atoms with Crippen LogP contribution in [0.15, 0.2) is 54.6 Å². The van der Waals surface area contributed by atoms with Crippen molar-refractivity contribution in [3.05, 3.63) is 60.2 Å². The average Bonchev–Trinajstić information content (AvgIpc) is 3.24. The molecule has 1 saturated carbocycles. The number of thiocarbonyl (C=S) groups is 1. The number of rotatable bonds is 7. The van der Waals surface area contributed by atoms with Crippen LogP contribution in [-0.2, 0) is 6.42 Å². The Bertz CT molecular complexity index is 934. The Balaban J connectivity index is 1.26. The van der Waals surface area contributed by atoms with Crippen molar-refractivity contribution in [2.24, 2.45) is 0 Å². The van der Waals surface area contributed by atoms with Crippen LogP contribution in [0.3, 0.4) is 0 Å². The molecule has 1 aromatic heterocycles. The fourth-order valence-corrected chi connectivity index (χ4v) is 4.70. The smallest absolute Gasteiger partial charge is 0.206 e. The van der Waals surface area contributed by atoms with Gasteiger partial charge in [0.25, 0.3) is 0 Å². The van der Waals surface area contributed by atoms with Crippen molar-refractivity contribution in [2.45, 2.75) is 44.6 Å². The Morgan fingerprint density at radius 1 is 0.967 bits per heavy atom. The van der Waals surface area contributed by atoms with E-state index in [1.165, 1.54) is 37.7 Å². The number of nitrogens with one attached hydrogen (secondary N) is 3. The molecule has 3 N–H and O–H groups in total. The second-order valence-electron chi connectivity index (χ2n) is 7.59. The van der Waals surface area contributed by atoms with Gasteiger partial charge in [-0.15, -0.1) is 10.2 Å². The normalized spacial score (nSPS) is 14.3. The van der Waals surface area contributed by atoms with Crippen LogP contribution < -0.4 is 16.0 Å². The molecule has 0 radical (unpaired) electrons. The highest BCUT2D eigenvalue weighted by Crippen LogP contribution is 2.29. The van der Waals surface area contributed by atoms with Gasteiger partial charge in [0.15, 0.2) is 5.11 Å². The van der Waals surface area contributed by atoms with Crippen molar-refractivity contribution in [2.75, 3.05) is 17.2 Å². The van der Waals surface area contributed by atoms with Crippen LogP contribution in [0.2, 0.25) is 0 Å². The van der Waals surface area contributed by atoms with Crippen molar-refractivity contribution < 1.29 is 0 Å². The first-order chi connectivity index (χ1) is 14.8. The summed E-state index contributed by atoms with van der Waals surface area (Å²) in [7, 11) is 0. The Hall–Kier alpha value is -2.51. The van der Waals surface area contributed by atoms with Crippen LogP contribution in [0.25, 0.3) is 10.6 Å². The summed E-state index contributed by atoms with van der Waals surface area (Å²) in [6.45, 7) is 0.801. The summed E-state index contributed by atoms with van der Waals surface area (Å²) >= 11 is 7.02. The molecule has 1 fully saturated rings. The van der Waals surface area contributed by atoms with E-state index in [0.29, 0.717) is 11.2 Å². The predicted molar refractivity (Wildman–Crippen MR) is 130 cm³/mol. The summed E-state index contributed by atoms with van der Waals surface area (Å²) in [5.41, 5.74) is 3.32. The summed E-state index contributed by atoms with van der Waals surface area (Å²) in [5.74, 6) is 0. The third-order valence-electron chi connectivity index (χ3n) is 5.29. The zero-order chi connectivity index (χ0) is 20.6. The molecular formula is C23H27N5S2. The molecule has 0 atom stereocenters. The highest BCUT2D eigenvalue weighted by Gasteiger charge is 2.15. The van der Waals surface area contributed by atoms with Gasteiger partial charge in [-0.3, -0.25) is 0 Å². The highest BCUT2D eigenvalue weighted by molar-refractivity contribution is 7.80. The molecule has 4 rings (SSSR count). The van der Waals surface area contributed by atoms with E-state index in [9.17, 15) is 0 Å². The molecule has 0 spiro atoms. The molecule has 0 aliphatic heterocycles. The largest absolute Gasteiger partial charge is 0.362 e. The Labute approximate surface area is 187 Å². The van der Waals surface area contributed by atoms with E-state index in [1.54, 1.807) is 11.3 Å². The maximum atomic E-state index is 5.41. The minimum absolute atomic E-state index is 0.543. The maximum Gasteiger partial charge on any atom is 0.206 e. The van der Waals surface area contributed by atoms with E-state index in [-0.39, 0.29) is 0 Å². The van der Waals surface area contributed by atoms with Gasteiger partial charge in [0.2, 0.25) is 5.13 Å². The van der Waals surface area contributed by atoms with E-state index in [0.717, 1.165) is 34.4 Å². The first-order valence-corrected chi connectivity index (χ1v) is 11.8. The zero-order valence-corrected chi connectivity index (χ0v) is 18.6. The van der Waals surface area contributed by atoms with Crippen molar-refractivity contribution >= 4 is 39.5 Å². The highest BCUT2D eigenvalue weighted by atomic mass is 32.1. The lowest BCUT2D eigenvalue weighted by atomic mass is 9.96. The van der Waals surface area contributed by atoms with Crippen molar-refractivity contribution in [3.63, 3.8) is 0 Å². The number of aromatic nitrogens is 2. The summed E-state index contributed by atoms with van der Waals surface area (Å²) < 4.78 is 0.